The van der Waals surface area contributed by atoms with Crippen molar-refractivity contribution in [2.24, 2.45) is 5.92 Å². The first kappa shape index (κ1) is 22.2. The van der Waals surface area contributed by atoms with Crippen LogP contribution in [0.1, 0.15) is 50.5 Å². The van der Waals surface area contributed by atoms with Gasteiger partial charge in [-0.1, -0.05) is 30.5 Å². The van der Waals surface area contributed by atoms with Gasteiger partial charge in [0.2, 0.25) is 15.9 Å². The quantitative estimate of drug-likeness (QED) is 0.591. The molecular weight excluding hydrogens is 392 g/mol. The number of amides is 1. The van der Waals surface area contributed by atoms with Gasteiger partial charge >= 0.3 is 0 Å². The lowest BCUT2D eigenvalue weighted by molar-refractivity contribution is -0.125. The van der Waals surface area contributed by atoms with Crippen molar-refractivity contribution in [1.82, 2.24) is 10.0 Å². The first-order valence-electron chi connectivity index (χ1n) is 10.5. The molecule has 2 aliphatic rings. The summed E-state index contributed by atoms with van der Waals surface area (Å²) < 4.78 is 33.9. The smallest absolute Gasteiger partial charge is 0.240 e. The Hall–Kier alpha value is -1.48. The van der Waals surface area contributed by atoms with Gasteiger partial charge in [-0.25, -0.2) is 13.1 Å². The third kappa shape index (κ3) is 6.01. The Morgan fingerprint density at radius 1 is 1.14 bits per heavy atom. The summed E-state index contributed by atoms with van der Waals surface area (Å²) in [6.07, 6.45) is 5.42. The molecule has 1 amide bonds. The molecule has 1 heterocycles. The minimum Gasteiger partial charge on any atom is -0.394 e. The topological polar surface area (TPSA) is 105 Å². The number of benzene rings is 1. The van der Waals surface area contributed by atoms with Crippen molar-refractivity contribution in [3.05, 3.63) is 29.8 Å². The predicted molar refractivity (Wildman–Crippen MR) is 110 cm³/mol. The third-order valence-electron chi connectivity index (χ3n) is 5.92. The van der Waals surface area contributed by atoms with Crippen molar-refractivity contribution in [1.29, 1.82) is 0 Å². The van der Waals surface area contributed by atoms with Gasteiger partial charge in [-0.15, -0.1) is 0 Å². The van der Waals surface area contributed by atoms with Crippen LogP contribution in [0.3, 0.4) is 0 Å². The minimum absolute atomic E-state index is 0.101. The van der Waals surface area contributed by atoms with Crippen molar-refractivity contribution in [3.8, 4) is 0 Å². The van der Waals surface area contributed by atoms with E-state index in [1.165, 1.54) is 0 Å². The van der Waals surface area contributed by atoms with Crippen LogP contribution in [-0.4, -0.2) is 50.8 Å². The summed E-state index contributed by atoms with van der Waals surface area (Å²) >= 11 is 0. The summed E-state index contributed by atoms with van der Waals surface area (Å²) in [5.41, 5.74) is 0.987. The summed E-state index contributed by atoms with van der Waals surface area (Å²) in [4.78, 5) is 12.3. The average molecular weight is 425 g/mol. The number of ether oxygens (including phenoxy) is 1. The maximum Gasteiger partial charge on any atom is 0.240 e. The maximum atomic E-state index is 12.6. The molecule has 1 aromatic rings. The Labute approximate surface area is 173 Å². The molecule has 1 aromatic carbocycles. The first-order chi connectivity index (χ1) is 13.9. The van der Waals surface area contributed by atoms with Crippen molar-refractivity contribution in [2.45, 2.75) is 75.0 Å². The number of carbonyl (C=O) groups is 1. The summed E-state index contributed by atoms with van der Waals surface area (Å²) in [6.45, 7) is 2.18. The van der Waals surface area contributed by atoms with Gasteiger partial charge in [0.1, 0.15) is 0 Å². The Morgan fingerprint density at radius 3 is 2.48 bits per heavy atom. The standard InChI is InChI=1S/C21H32N2O5S/c1-15-6-9-18(10-7-15)29(26,27)23-19-11-8-17(28-20(19)14-24)12-13-22-21(25)16-4-2-3-5-16/h6-7,9-10,16-17,19-20,23-24H,2-5,8,11-14H2,1H3,(H,22,25)/t17-,19-,20+/m0/s1. The minimum atomic E-state index is -3.67. The number of carbonyl (C=O) groups excluding carboxylic acids is 1. The van der Waals surface area contributed by atoms with Crippen LogP contribution in [0.2, 0.25) is 0 Å². The molecule has 0 bridgehead atoms. The number of nitrogens with one attached hydrogen (secondary N) is 2. The molecule has 29 heavy (non-hydrogen) atoms. The molecule has 3 N–H and O–H groups in total. The second-order valence-corrected chi connectivity index (χ2v) is 9.87. The van der Waals surface area contributed by atoms with Gasteiger partial charge in [0.15, 0.2) is 0 Å². The number of sulfonamides is 1. The summed E-state index contributed by atoms with van der Waals surface area (Å²) in [6, 6.07) is 6.18. The molecule has 2 fully saturated rings. The molecule has 3 atom stereocenters. The largest absolute Gasteiger partial charge is 0.394 e. The van der Waals surface area contributed by atoms with Crippen LogP contribution in [-0.2, 0) is 19.6 Å². The fourth-order valence-electron chi connectivity index (χ4n) is 4.15. The fraction of sp³-hybridized carbons (Fsp3) is 0.667. The molecule has 3 rings (SSSR count). The molecule has 1 saturated carbocycles. The van der Waals surface area contributed by atoms with E-state index >= 15 is 0 Å². The van der Waals surface area contributed by atoms with Gasteiger partial charge < -0.3 is 15.2 Å². The monoisotopic (exact) mass is 424 g/mol. The van der Waals surface area contributed by atoms with Crippen LogP contribution >= 0.6 is 0 Å². The fourth-order valence-corrected chi connectivity index (χ4v) is 5.45. The van der Waals surface area contributed by atoms with E-state index in [-0.39, 0.29) is 29.4 Å². The van der Waals surface area contributed by atoms with Gasteiger partial charge in [-0.3, -0.25) is 4.79 Å². The van der Waals surface area contributed by atoms with E-state index < -0.39 is 22.2 Å². The molecule has 0 radical (unpaired) electrons. The van der Waals surface area contributed by atoms with E-state index in [4.69, 9.17) is 4.74 Å². The molecule has 0 unspecified atom stereocenters. The number of hydrogen-bond acceptors (Lipinski definition) is 5. The zero-order chi connectivity index (χ0) is 20.9. The molecule has 1 aliphatic carbocycles. The third-order valence-corrected chi connectivity index (χ3v) is 7.43. The number of rotatable bonds is 8. The zero-order valence-corrected chi connectivity index (χ0v) is 17.8. The molecule has 1 aliphatic heterocycles. The highest BCUT2D eigenvalue weighted by molar-refractivity contribution is 7.89. The van der Waals surface area contributed by atoms with E-state index in [0.717, 1.165) is 31.2 Å². The van der Waals surface area contributed by atoms with Crippen molar-refractivity contribution >= 4 is 15.9 Å². The Morgan fingerprint density at radius 2 is 1.83 bits per heavy atom. The molecule has 7 nitrogen and oxygen atoms in total. The number of hydrogen-bond donors (Lipinski definition) is 3. The number of aliphatic hydroxyl groups excluding tert-OH is 1. The Bertz CT molecular complexity index is 775. The normalized spacial score (nSPS) is 25.8. The Balaban J connectivity index is 1.48. The first-order valence-corrected chi connectivity index (χ1v) is 12.0. The van der Waals surface area contributed by atoms with Gasteiger partial charge in [-0.05, 0) is 51.2 Å². The van der Waals surface area contributed by atoms with E-state index in [9.17, 15) is 18.3 Å². The summed E-state index contributed by atoms with van der Waals surface area (Å²) in [5, 5.41) is 12.7. The maximum absolute atomic E-state index is 12.6. The van der Waals surface area contributed by atoms with Crippen molar-refractivity contribution in [2.75, 3.05) is 13.2 Å². The molecule has 1 saturated heterocycles. The van der Waals surface area contributed by atoms with Crippen LogP contribution in [0.5, 0.6) is 0 Å². The molecule has 0 spiro atoms. The van der Waals surface area contributed by atoms with Crippen LogP contribution in [0, 0.1) is 12.8 Å². The van der Waals surface area contributed by atoms with Crippen LogP contribution in [0.4, 0.5) is 0 Å². The number of aliphatic hydroxyl groups is 1. The van der Waals surface area contributed by atoms with E-state index in [0.29, 0.717) is 25.8 Å². The second kappa shape index (κ2) is 10.0. The lowest BCUT2D eigenvalue weighted by Gasteiger charge is -2.36. The molecular formula is C21H32N2O5S. The van der Waals surface area contributed by atoms with E-state index in [1.807, 2.05) is 6.92 Å². The summed E-state index contributed by atoms with van der Waals surface area (Å²) in [5.74, 6) is 0.272. The number of aryl methyl sites for hydroxylation is 1. The van der Waals surface area contributed by atoms with Gasteiger partial charge in [-0.2, -0.15) is 0 Å². The lowest BCUT2D eigenvalue weighted by Crippen LogP contribution is -2.51. The van der Waals surface area contributed by atoms with E-state index in [2.05, 4.69) is 10.0 Å². The summed E-state index contributed by atoms with van der Waals surface area (Å²) in [7, 11) is -3.67. The predicted octanol–water partition coefficient (Wildman–Crippen LogP) is 1.88. The highest BCUT2D eigenvalue weighted by Crippen LogP contribution is 2.25. The SMILES string of the molecule is Cc1ccc(S(=O)(=O)N[C@H]2CC[C@@H](CCNC(=O)C3CCCC3)O[C@@H]2CO)cc1. The van der Waals surface area contributed by atoms with Crippen molar-refractivity contribution in [3.63, 3.8) is 0 Å². The highest BCUT2D eigenvalue weighted by atomic mass is 32.2. The zero-order valence-electron chi connectivity index (χ0n) is 17.0. The van der Waals surface area contributed by atoms with Crippen molar-refractivity contribution < 1.29 is 23.1 Å². The highest BCUT2D eigenvalue weighted by Gasteiger charge is 2.34. The molecule has 162 valence electrons. The molecule has 0 aromatic heterocycles. The van der Waals surface area contributed by atoms with Gasteiger partial charge in [0, 0.05) is 12.5 Å². The molecule has 8 heteroatoms. The average Bonchev–Trinajstić information content (AvgIpc) is 3.24. The van der Waals surface area contributed by atoms with Gasteiger partial charge in [0.05, 0.1) is 29.8 Å². The van der Waals surface area contributed by atoms with Crippen LogP contribution in [0.25, 0.3) is 0 Å². The van der Waals surface area contributed by atoms with Crippen LogP contribution < -0.4 is 10.0 Å². The van der Waals surface area contributed by atoms with E-state index in [1.54, 1.807) is 24.3 Å². The van der Waals surface area contributed by atoms with Crippen LogP contribution in [0.15, 0.2) is 29.2 Å². The van der Waals surface area contributed by atoms with Gasteiger partial charge in [0.25, 0.3) is 0 Å². The second-order valence-electron chi connectivity index (χ2n) is 8.16. The lowest BCUT2D eigenvalue weighted by atomic mass is 9.98. The Kier molecular flexibility index (Phi) is 7.67.